The molecule has 0 bridgehead atoms. The van der Waals surface area contributed by atoms with Crippen molar-refractivity contribution in [3.8, 4) is 11.5 Å². The molecule has 0 amide bonds. The molecule has 49 heavy (non-hydrogen) atoms. The lowest BCUT2D eigenvalue weighted by Gasteiger charge is -2.25. The zero-order valence-electron chi connectivity index (χ0n) is 26.2. The minimum Gasteiger partial charge on any atom is -0.493 e. The van der Waals surface area contributed by atoms with E-state index in [-0.39, 0.29) is 29.9 Å². The van der Waals surface area contributed by atoms with Gasteiger partial charge in [-0.1, -0.05) is 77.5 Å². The van der Waals surface area contributed by atoms with Crippen molar-refractivity contribution in [2.24, 2.45) is 4.99 Å². The summed E-state index contributed by atoms with van der Waals surface area (Å²) < 4.78 is 19.9. The van der Waals surface area contributed by atoms with E-state index in [1.807, 2.05) is 36.4 Å². The average molecular weight is 807 g/mol. The van der Waals surface area contributed by atoms with Crippen LogP contribution in [0.25, 0.3) is 11.8 Å². The van der Waals surface area contributed by atoms with Crippen LogP contribution < -0.4 is 24.4 Å². The van der Waals surface area contributed by atoms with E-state index in [9.17, 15) is 19.5 Å². The van der Waals surface area contributed by atoms with E-state index in [1.54, 1.807) is 61.5 Å². The van der Waals surface area contributed by atoms with Crippen LogP contribution in [0.2, 0.25) is 5.02 Å². The Morgan fingerprint density at radius 3 is 2.49 bits per heavy atom. The molecule has 6 rings (SSSR count). The molecular formula is C37H28ClIN2O7S. The van der Waals surface area contributed by atoms with Crippen molar-refractivity contribution in [1.29, 1.82) is 0 Å². The fraction of sp³-hybridized carbons (Fsp3) is 0.135. The van der Waals surface area contributed by atoms with Crippen LogP contribution in [0, 0.1) is 3.57 Å². The van der Waals surface area contributed by atoms with Gasteiger partial charge in [-0.15, -0.1) is 0 Å². The third-order valence-electron chi connectivity index (χ3n) is 7.67. The number of carboxylic acids is 1. The van der Waals surface area contributed by atoms with E-state index in [0.29, 0.717) is 53.8 Å². The van der Waals surface area contributed by atoms with Gasteiger partial charge in [0.1, 0.15) is 6.61 Å². The first-order valence-electron chi connectivity index (χ1n) is 15.0. The number of carboxylic acid groups (broad SMARTS) is 1. The minimum atomic E-state index is -1.02. The smallest absolute Gasteiger partial charge is 0.338 e. The van der Waals surface area contributed by atoms with E-state index in [4.69, 9.17) is 30.8 Å². The predicted molar refractivity (Wildman–Crippen MR) is 196 cm³/mol. The third-order valence-corrected chi connectivity index (χ3v) is 9.70. The Morgan fingerprint density at radius 1 is 1.04 bits per heavy atom. The molecule has 0 saturated heterocycles. The second kappa shape index (κ2) is 14.8. The van der Waals surface area contributed by atoms with E-state index in [0.717, 1.165) is 3.57 Å². The topological polar surface area (TPSA) is 116 Å². The predicted octanol–water partition coefficient (Wildman–Crippen LogP) is 6.48. The molecule has 12 heteroatoms. The maximum absolute atomic E-state index is 14.3. The van der Waals surface area contributed by atoms with Crippen molar-refractivity contribution in [3.05, 3.63) is 153 Å². The fourth-order valence-electron chi connectivity index (χ4n) is 5.47. The van der Waals surface area contributed by atoms with Crippen LogP contribution in [0.3, 0.4) is 0 Å². The Kier molecular flexibility index (Phi) is 10.3. The average Bonchev–Trinajstić information content (AvgIpc) is 3.41. The maximum atomic E-state index is 14.3. The highest BCUT2D eigenvalue weighted by Gasteiger charge is 2.35. The van der Waals surface area contributed by atoms with Gasteiger partial charge in [-0.2, -0.15) is 0 Å². The Hall–Kier alpha value is -4.72. The van der Waals surface area contributed by atoms with Crippen LogP contribution in [0.4, 0.5) is 0 Å². The highest BCUT2D eigenvalue weighted by molar-refractivity contribution is 14.1. The lowest BCUT2D eigenvalue weighted by atomic mass is 9.93. The number of esters is 1. The molecule has 248 valence electrons. The molecule has 1 N–H and O–H groups in total. The molecule has 0 spiro atoms. The molecule has 4 aromatic carbocycles. The van der Waals surface area contributed by atoms with E-state index < -0.39 is 18.0 Å². The molecule has 2 heterocycles. The molecule has 1 atom stereocenters. The monoisotopic (exact) mass is 806 g/mol. The molecule has 5 aromatic rings. The zero-order chi connectivity index (χ0) is 34.7. The number of carbonyl (C=O) groups is 2. The van der Waals surface area contributed by atoms with Gasteiger partial charge >= 0.3 is 11.9 Å². The van der Waals surface area contributed by atoms with Crippen molar-refractivity contribution in [2.75, 3.05) is 13.7 Å². The molecule has 0 saturated carbocycles. The van der Waals surface area contributed by atoms with E-state index >= 15 is 0 Å². The standard InChI is InChI=1S/C37H28ClIN2O7S/c1-3-47-36(45)30-31(23-9-5-4-6-10-23)40-37-41(32(30)24-12-14-26(38)15-13-24)34(42)29(49-37)19-22-17-27(39)33(28(18-22)46-2)48-20-21-8-7-11-25(16-21)35(43)44/h4-19,32H,3,20H2,1-2H3,(H,43,44)/b29-19-/t32-/m1/s1. The molecule has 1 aliphatic heterocycles. The van der Waals surface area contributed by atoms with Crippen molar-refractivity contribution in [3.63, 3.8) is 0 Å². The molecule has 0 unspecified atom stereocenters. The summed E-state index contributed by atoms with van der Waals surface area (Å²) in [5.41, 5.74) is 3.28. The summed E-state index contributed by atoms with van der Waals surface area (Å²) in [6.07, 6.45) is 1.75. The largest absolute Gasteiger partial charge is 0.493 e. The number of benzene rings is 4. The number of aromatic carboxylic acids is 1. The van der Waals surface area contributed by atoms with Crippen molar-refractivity contribution in [2.45, 2.75) is 19.6 Å². The summed E-state index contributed by atoms with van der Waals surface area (Å²) >= 11 is 9.58. The van der Waals surface area contributed by atoms with Crippen molar-refractivity contribution in [1.82, 2.24) is 4.57 Å². The number of ether oxygens (including phenoxy) is 3. The highest BCUT2D eigenvalue weighted by atomic mass is 127. The van der Waals surface area contributed by atoms with Crippen LogP contribution in [0.5, 0.6) is 11.5 Å². The Labute approximate surface area is 303 Å². The number of rotatable bonds is 10. The van der Waals surface area contributed by atoms with Gasteiger partial charge in [0.2, 0.25) is 0 Å². The quantitative estimate of drug-likeness (QED) is 0.127. The van der Waals surface area contributed by atoms with Gasteiger partial charge in [-0.3, -0.25) is 9.36 Å². The maximum Gasteiger partial charge on any atom is 0.338 e. The first-order valence-corrected chi connectivity index (χ1v) is 17.3. The van der Waals surface area contributed by atoms with Gasteiger partial charge in [0.05, 0.1) is 44.7 Å². The zero-order valence-corrected chi connectivity index (χ0v) is 29.9. The lowest BCUT2D eigenvalue weighted by Crippen LogP contribution is -2.40. The first-order chi connectivity index (χ1) is 23.7. The highest BCUT2D eigenvalue weighted by Crippen LogP contribution is 2.37. The Balaban J connectivity index is 1.46. The van der Waals surface area contributed by atoms with E-state index in [1.165, 1.54) is 29.1 Å². The summed E-state index contributed by atoms with van der Waals surface area (Å²) in [5.74, 6) is -0.660. The van der Waals surface area contributed by atoms with E-state index in [2.05, 4.69) is 22.6 Å². The minimum absolute atomic E-state index is 0.128. The summed E-state index contributed by atoms with van der Waals surface area (Å²) in [5, 5.41) is 9.85. The second-order valence-electron chi connectivity index (χ2n) is 10.8. The molecule has 1 aromatic heterocycles. The SMILES string of the molecule is CCOC(=O)C1=C(c2ccccc2)N=c2s/c(=C\c3cc(I)c(OCc4cccc(C(=O)O)c4)c(OC)c3)c(=O)n2[C@@H]1c1ccc(Cl)cc1. The molecule has 0 radical (unpaired) electrons. The van der Waals surface area contributed by atoms with Gasteiger partial charge < -0.3 is 19.3 Å². The molecule has 0 aliphatic carbocycles. The first kappa shape index (κ1) is 34.2. The molecule has 1 aliphatic rings. The Bertz CT molecular complexity index is 2280. The number of aromatic nitrogens is 1. The number of fused-ring (bicyclic) bond motifs is 1. The van der Waals surface area contributed by atoms with Crippen LogP contribution >= 0.6 is 45.5 Å². The van der Waals surface area contributed by atoms with Gasteiger partial charge in [-0.25, -0.2) is 14.6 Å². The number of carbonyl (C=O) groups excluding carboxylic acids is 1. The van der Waals surface area contributed by atoms with Crippen LogP contribution in [0.15, 0.2) is 106 Å². The summed E-state index contributed by atoms with van der Waals surface area (Å²) in [6, 6.07) is 25.7. The number of hydrogen-bond donors (Lipinski definition) is 1. The molecular weight excluding hydrogens is 779 g/mol. The summed E-state index contributed by atoms with van der Waals surface area (Å²) in [7, 11) is 1.52. The van der Waals surface area contributed by atoms with Crippen molar-refractivity contribution >= 4 is 69.2 Å². The van der Waals surface area contributed by atoms with Crippen LogP contribution in [-0.4, -0.2) is 35.3 Å². The number of halogens is 2. The molecule has 9 nitrogen and oxygen atoms in total. The van der Waals surface area contributed by atoms with Gasteiger partial charge in [-0.05, 0) is 88.7 Å². The van der Waals surface area contributed by atoms with Gasteiger partial charge in [0.15, 0.2) is 16.3 Å². The normalized spacial score (nSPS) is 14.2. The van der Waals surface area contributed by atoms with Gasteiger partial charge in [0.25, 0.3) is 5.56 Å². The summed E-state index contributed by atoms with van der Waals surface area (Å²) in [6.45, 7) is 2.01. The van der Waals surface area contributed by atoms with Crippen LogP contribution in [0.1, 0.15) is 45.6 Å². The third kappa shape index (κ3) is 7.19. The Morgan fingerprint density at radius 2 is 1.80 bits per heavy atom. The number of thiazole rings is 1. The number of hydrogen-bond acceptors (Lipinski definition) is 8. The van der Waals surface area contributed by atoms with Crippen molar-refractivity contribution < 1.29 is 28.9 Å². The fourth-order valence-corrected chi connectivity index (χ4v) is 7.37. The lowest BCUT2D eigenvalue weighted by molar-refractivity contribution is -0.138. The number of methoxy groups -OCH3 is 1. The van der Waals surface area contributed by atoms with Crippen LogP contribution in [-0.2, 0) is 16.1 Å². The number of nitrogens with zero attached hydrogens (tertiary/aromatic N) is 2. The van der Waals surface area contributed by atoms with Gasteiger partial charge in [0, 0.05) is 10.6 Å². The second-order valence-corrected chi connectivity index (χ2v) is 13.4. The molecule has 0 fully saturated rings. The summed E-state index contributed by atoms with van der Waals surface area (Å²) in [4.78, 5) is 44.6.